The average Bonchev–Trinajstić information content (AvgIpc) is 2.12. The van der Waals surface area contributed by atoms with Gasteiger partial charge in [-0.2, -0.15) is 0 Å². The van der Waals surface area contributed by atoms with Gasteiger partial charge < -0.3 is 4.98 Å². The lowest BCUT2D eigenvalue weighted by molar-refractivity contribution is -0.385. The minimum atomic E-state index is -0.503. The highest BCUT2D eigenvalue weighted by Gasteiger charge is 2.01. The molecule has 0 amide bonds. The average molecular weight is 111 g/mol. The third kappa shape index (κ3) is 0.676. The predicted molar refractivity (Wildman–Crippen MR) is 26.3 cm³/mol. The Morgan fingerprint density at radius 3 is 2.88 bits per heavy atom. The van der Waals surface area contributed by atoms with Gasteiger partial charge in [0, 0.05) is 12.3 Å². The number of nitrogens with zero attached hydrogens (tertiary/aromatic N) is 1. The lowest BCUT2D eigenvalue weighted by Gasteiger charge is -1.76. The molecule has 0 saturated carbocycles. The number of aromatic nitrogens is 1. The fourth-order valence-corrected chi connectivity index (χ4v) is 0.384. The first-order valence-electron chi connectivity index (χ1n) is 2.00. The van der Waals surface area contributed by atoms with Crippen molar-refractivity contribution in [2.75, 3.05) is 0 Å². The molecule has 8 heavy (non-hydrogen) atoms. The van der Waals surface area contributed by atoms with Crippen LogP contribution in [0.4, 0.5) is 5.69 Å². The van der Waals surface area contributed by atoms with Gasteiger partial charge in [0.15, 0.2) is 0 Å². The quantitative estimate of drug-likeness (QED) is 0.428. The summed E-state index contributed by atoms with van der Waals surface area (Å²) in [5, 5.41) is 9.82. The maximum absolute atomic E-state index is 9.82. The van der Waals surface area contributed by atoms with Gasteiger partial charge >= 0.3 is 0 Å². The Bertz CT molecular complexity index is 180. The molecule has 0 atom stereocenters. The van der Waals surface area contributed by atoms with Crippen molar-refractivity contribution in [3.05, 3.63) is 28.6 Å². The van der Waals surface area contributed by atoms with Gasteiger partial charge in [0.05, 0.1) is 4.92 Å². The summed E-state index contributed by atoms with van der Waals surface area (Å²) < 4.78 is 0. The van der Waals surface area contributed by atoms with E-state index in [4.69, 9.17) is 0 Å². The van der Waals surface area contributed by atoms with Crippen LogP contribution < -0.4 is 0 Å². The van der Waals surface area contributed by atoms with Crippen LogP contribution in [-0.2, 0) is 0 Å². The van der Waals surface area contributed by atoms with E-state index < -0.39 is 4.92 Å². The molecule has 0 spiro atoms. The number of rotatable bonds is 1. The lowest BCUT2D eigenvalue weighted by Crippen LogP contribution is -1.82. The van der Waals surface area contributed by atoms with E-state index in [-0.39, 0.29) is 5.69 Å². The maximum Gasteiger partial charge on any atom is 0.296 e. The fraction of sp³-hybridized carbons (Fsp3) is 0. The van der Waals surface area contributed by atoms with Gasteiger partial charge in [0.1, 0.15) is 6.20 Å². The van der Waals surface area contributed by atoms with Gasteiger partial charge in [-0.15, -0.1) is 0 Å². The standard InChI is InChI=1S/C4H3N2O2/c7-6(8)4-1-2-5-3-4/h1-2,5H. The van der Waals surface area contributed by atoms with Gasteiger partial charge in [-0.25, -0.2) is 0 Å². The first kappa shape index (κ1) is 4.83. The van der Waals surface area contributed by atoms with Crippen molar-refractivity contribution in [1.29, 1.82) is 0 Å². The summed E-state index contributed by atoms with van der Waals surface area (Å²) in [6.07, 6.45) is 3.77. The van der Waals surface area contributed by atoms with Crippen LogP contribution >= 0.6 is 0 Å². The smallest absolute Gasteiger partial charge is 0.296 e. The molecule has 4 heteroatoms. The van der Waals surface area contributed by atoms with Crippen LogP contribution in [0.25, 0.3) is 0 Å². The highest BCUT2D eigenvalue weighted by Crippen LogP contribution is 2.04. The molecule has 0 saturated heterocycles. The van der Waals surface area contributed by atoms with Crippen molar-refractivity contribution < 1.29 is 4.92 Å². The number of hydrogen-bond donors (Lipinski definition) is 1. The molecule has 1 aromatic rings. The molecule has 0 aliphatic heterocycles. The minimum Gasteiger partial charge on any atom is -0.354 e. The van der Waals surface area contributed by atoms with Crippen LogP contribution in [0, 0.1) is 16.3 Å². The molecular formula is C4H3N2O2. The lowest BCUT2D eigenvalue weighted by atomic mass is 10.6. The molecule has 0 bridgehead atoms. The summed E-state index contributed by atoms with van der Waals surface area (Å²) in [7, 11) is 0. The molecule has 0 aliphatic carbocycles. The van der Waals surface area contributed by atoms with E-state index in [0.29, 0.717) is 0 Å². The van der Waals surface area contributed by atoms with Crippen molar-refractivity contribution in [3.63, 3.8) is 0 Å². The Hall–Kier alpha value is -1.32. The zero-order chi connectivity index (χ0) is 5.98. The number of aromatic amines is 1. The van der Waals surface area contributed by atoms with Gasteiger partial charge in [-0.3, -0.25) is 10.1 Å². The Morgan fingerprint density at radius 1 is 1.88 bits per heavy atom. The third-order valence-corrected chi connectivity index (χ3v) is 0.721. The summed E-state index contributed by atoms with van der Waals surface area (Å²) in [4.78, 5) is 11.8. The highest BCUT2D eigenvalue weighted by molar-refractivity contribution is 5.22. The van der Waals surface area contributed by atoms with Gasteiger partial charge in [0.2, 0.25) is 0 Å². The van der Waals surface area contributed by atoms with Crippen molar-refractivity contribution in [1.82, 2.24) is 4.98 Å². The molecule has 0 aliphatic rings. The number of nitro groups is 1. The van der Waals surface area contributed by atoms with Crippen LogP contribution in [0.2, 0.25) is 0 Å². The largest absolute Gasteiger partial charge is 0.354 e. The second-order valence-electron chi connectivity index (χ2n) is 1.25. The molecular weight excluding hydrogens is 108 g/mol. The zero-order valence-electron chi connectivity index (χ0n) is 3.92. The number of hydrogen-bond acceptors (Lipinski definition) is 2. The Labute approximate surface area is 45.3 Å². The molecule has 1 aromatic heterocycles. The fourth-order valence-electron chi connectivity index (χ4n) is 0.384. The van der Waals surface area contributed by atoms with Gasteiger partial charge in [-0.05, 0) is 0 Å². The molecule has 1 N–H and O–H groups in total. The van der Waals surface area contributed by atoms with E-state index in [1.165, 1.54) is 12.3 Å². The predicted octanol–water partition coefficient (Wildman–Crippen LogP) is 0.723. The second kappa shape index (κ2) is 1.65. The third-order valence-electron chi connectivity index (χ3n) is 0.721. The van der Waals surface area contributed by atoms with E-state index in [0.717, 1.165) is 0 Å². The molecule has 0 aromatic carbocycles. The Kier molecular flexibility index (Phi) is 0.997. The van der Waals surface area contributed by atoms with Gasteiger partial charge in [0.25, 0.3) is 5.69 Å². The molecule has 0 unspecified atom stereocenters. The highest BCUT2D eigenvalue weighted by atomic mass is 16.6. The normalized spacial score (nSPS) is 9.00. The monoisotopic (exact) mass is 111 g/mol. The van der Waals surface area contributed by atoms with Crippen LogP contribution in [0.3, 0.4) is 0 Å². The van der Waals surface area contributed by atoms with Crippen LogP contribution in [0.15, 0.2) is 12.3 Å². The number of H-pyrrole nitrogens is 1. The van der Waals surface area contributed by atoms with E-state index in [1.807, 2.05) is 0 Å². The van der Waals surface area contributed by atoms with E-state index >= 15 is 0 Å². The summed E-state index contributed by atoms with van der Waals surface area (Å²) in [5.74, 6) is 0. The molecule has 0 fully saturated rings. The summed E-state index contributed by atoms with van der Waals surface area (Å²) in [5.41, 5.74) is -0.0231. The first-order valence-corrected chi connectivity index (χ1v) is 2.00. The zero-order valence-corrected chi connectivity index (χ0v) is 3.92. The van der Waals surface area contributed by atoms with E-state index in [9.17, 15) is 10.1 Å². The number of nitrogens with one attached hydrogen (secondary N) is 1. The molecule has 4 nitrogen and oxygen atoms in total. The van der Waals surface area contributed by atoms with Crippen molar-refractivity contribution >= 4 is 5.69 Å². The second-order valence-corrected chi connectivity index (χ2v) is 1.25. The summed E-state index contributed by atoms with van der Waals surface area (Å²) in [6.45, 7) is 0. The van der Waals surface area contributed by atoms with Gasteiger partial charge in [-0.1, -0.05) is 0 Å². The maximum atomic E-state index is 9.82. The van der Waals surface area contributed by atoms with Crippen molar-refractivity contribution in [3.8, 4) is 0 Å². The Balaban J connectivity index is 2.93. The molecule has 1 heterocycles. The summed E-state index contributed by atoms with van der Waals surface area (Å²) >= 11 is 0. The van der Waals surface area contributed by atoms with Crippen LogP contribution in [-0.4, -0.2) is 9.91 Å². The minimum absolute atomic E-state index is 0.0231. The van der Waals surface area contributed by atoms with Crippen molar-refractivity contribution in [2.24, 2.45) is 0 Å². The summed E-state index contributed by atoms with van der Waals surface area (Å²) in [6, 6.07) is 1.35. The molecule has 1 rings (SSSR count). The molecule has 41 valence electrons. The Morgan fingerprint density at radius 2 is 2.62 bits per heavy atom. The topological polar surface area (TPSA) is 58.9 Å². The van der Waals surface area contributed by atoms with Crippen LogP contribution in [0.5, 0.6) is 0 Å². The molecule has 1 radical (unpaired) electrons. The van der Waals surface area contributed by atoms with E-state index in [1.54, 1.807) is 0 Å². The first-order chi connectivity index (χ1) is 3.80. The SMILES string of the molecule is O=[N+]([O-])c1[c][nH]cc1. The van der Waals surface area contributed by atoms with Crippen LogP contribution in [0.1, 0.15) is 0 Å². The van der Waals surface area contributed by atoms with E-state index in [2.05, 4.69) is 11.2 Å². The van der Waals surface area contributed by atoms with Crippen molar-refractivity contribution in [2.45, 2.75) is 0 Å².